The SMILES string of the molecule is CCCOc1ccnc(NC(C)C2CC2)n1. The third kappa shape index (κ3) is 3.08. The first kappa shape index (κ1) is 11.2. The van der Waals surface area contributed by atoms with Crippen molar-refractivity contribution in [1.29, 1.82) is 0 Å². The fourth-order valence-electron chi connectivity index (χ4n) is 1.62. The van der Waals surface area contributed by atoms with E-state index in [1.165, 1.54) is 12.8 Å². The van der Waals surface area contributed by atoms with Crippen molar-refractivity contribution < 1.29 is 4.74 Å². The van der Waals surface area contributed by atoms with Crippen molar-refractivity contribution in [2.24, 2.45) is 5.92 Å². The summed E-state index contributed by atoms with van der Waals surface area (Å²) in [6.07, 6.45) is 5.37. The van der Waals surface area contributed by atoms with Crippen LogP contribution < -0.4 is 10.1 Å². The molecule has 1 aromatic rings. The lowest BCUT2D eigenvalue weighted by Gasteiger charge is -2.12. The van der Waals surface area contributed by atoms with Gasteiger partial charge in [-0.05, 0) is 32.1 Å². The van der Waals surface area contributed by atoms with Crippen LogP contribution >= 0.6 is 0 Å². The topological polar surface area (TPSA) is 47.0 Å². The van der Waals surface area contributed by atoms with E-state index in [9.17, 15) is 0 Å². The maximum atomic E-state index is 5.46. The molecule has 0 spiro atoms. The van der Waals surface area contributed by atoms with Gasteiger partial charge in [0.25, 0.3) is 0 Å². The Hall–Kier alpha value is -1.32. The van der Waals surface area contributed by atoms with E-state index in [4.69, 9.17) is 4.74 Å². The molecular weight excluding hydrogens is 202 g/mol. The van der Waals surface area contributed by atoms with E-state index in [2.05, 4.69) is 29.1 Å². The molecule has 4 nitrogen and oxygen atoms in total. The van der Waals surface area contributed by atoms with E-state index < -0.39 is 0 Å². The van der Waals surface area contributed by atoms with Gasteiger partial charge in [-0.1, -0.05) is 6.92 Å². The molecule has 1 atom stereocenters. The van der Waals surface area contributed by atoms with Crippen LogP contribution in [0.25, 0.3) is 0 Å². The molecule has 16 heavy (non-hydrogen) atoms. The van der Waals surface area contributed by atoms with Gasteiger partial charge in [0.2, 0.25) is 11.8 Å². The van der Waals surface area contributed by atoms with Gasteiger partial charge in [0.1, 0.15) is 0 Å². The van der Waals surface area contributed by atoms with Crippen LogP contribution in [0.1, 0.15) is 33.1 Å². The molecule has 0 amide bonds. The van der Waals surface area contributed by atoms with Gasteiger partial charge >= 0.3 is 0 Å². The smallest absolute Gasteiger partial charge is 0.226 e. The minimum Gasteiger partial charge on any atom is -0.478 e. The van der Waals surface area contributed by atoms with Crippen molar-refractivity contribution in [2.75, 3.05) is 11.9 Å². The molecule has 1 unspecified atom stereocenters. The number of nitrogens with zero attached hydrogens (tertiary/aromatic N) is 2. The molecule has 4 heteroatoms. The van der Waals surface area contributed by atoms with E-state index in [0.717, 1.165) is 12.3 Å². The third-order valence-electron chi connectivity index (χ3n) is 2.77. The van der Waals surface area contributed by atoms with Gasteiger partial charge in [-0.25, -0.2) is 4.98 Å². The van der Waals surface area contributed by atoms with Crippen LogP contribution in [0.15, 0.2) is 12.3 Å². The molecule has 1 N–H and O–H groups in total. The zero-order valence-corrected chi connectivity index (χ0v) is 9.94. The van der Waals surface area contributed by atoms with Gasteiger partial charge in [0, 0.05) is 18.3 Å². The summed E-state index contributed by atoms with van der Waals surface area (Å²) in [5.41, 5.74) is 0. The molecule has 0 saturated heterocycles. The van der Waals surface area contributed by atoms with Crippen molar-refractivity contribution in [2.45, 2.75) is 39.2 Å². The molecule has 1 heterocycles. The first-order valence-electron chi connectivity index (χ1n) is 6.02. The standard InChI is InChI=1S/C12H19N3O/c1-3-8-16-11-6-7-13-12(15-11)14-9(2)10-4-5-10/h6-7,9-10H,3-5,8H2,1-2H3,(H,13,14,15). The highest BCUT2D eigenvalue weighted by molar-refractivity contribution is 5.29. The zero-order valence-electron chi connectivity index (χ0n) is 9.94. The summed E-state index contributed by atoms with van der Waals surface area (Å²) >= 11 is 0. The Morgan fingerprint density at radius 1 is 1.56 bits per heavy atom. The van der Waals surface area contributed by atoms with Crippen molar-refractivity contribution in [3.8, 4) is 5.88 Å². The highest BCUT2D eigenvalue weighted by Crippen LogP contribution is 2.33. The molecule has 88 valence electrons. The quantitative estimate of drug-likeness (QED) is 0.801. The third-order valence-corrected chi connectivity index (χ3v) is 2.77. The van der Waals surface area contributed by atoms with Crippen LogP contribution in [0.5, 0.6) is 5.88 Å². The van der Waals surface area contributed by atoms with E-state index in [-0.39, 0.29) is 0 Å². The maximum absolute atomic E-state index is 5.46. The Morgan fingerprint density at radius 3 is 3.06 bits per heavy atom. The van der Waals surface area contributed by atoms with Crippen molar-refractivity contribution in [1.82, 2.24) is 9.97 Å². The summed E-state index contributed by atoms with van der Waals surface area (Å²) in [4.78, 5) is 8.51. The predicted molar refractivity (Wildman–Crippen MR) is 63.6 cm³/mol. The summed E-state index contributed by atoms with van der Waals surface area (Å²) in [5.74, 6) is 2.12. The Balaban J connectivity index is 1.92. The normalized spacial score (nSPS) is 16.9. The Kier molecular flexibility index (Phi) is 3.59. The van der Waals surface area contributed by atoms with E-state index in [1.807, 2.05) is 0 Å². The molecule has 1 aliphatic rings. The molecule has 2 rings (SSSR count). The number of hydrogen-bond acceptors (Lipinski definition) is 4. The van der Waals surface area contributed by atoms with Gasteiger partial charge < -0.3 is 10.1 Å². The Morgan fingerprint density at radius 2 is 2.38 bits per heavy atom. The second kappa shape index (κ2) is 5.14. The minimum absolute atomic E-state index is 0.460. The summed E-state index contributed by atoms with van der Waals surface area (Å²) < 4.78 is 5.46. The highest BCUT2D eigenvalue weighted by Gasteiger charge is 2.28. The molecule has 0 aromatic carbocycles. The lowest BCUT2D eigenvalue weighted by Crippen LogP contribution is -2.19. The predicted octanol–water partition coefficient (Wildman–Crippen LogP) is 2.48. The number of anilines is 1. The monoisotopic (exact) mass is 221 g/mol. The van der Waals surface area contributed by atoms with Gasteiger partial charge in [-0.3, -0.25) is 0 Å². The maximum Gasteiger partial charge on any atom is 0.226 e. The van der Waals surface area contributed by atoms with E-state index in [0.29, 0.717) is 24.5 Å². The number of aromatic nitrogens is 2. The van der Waals surface area contributed by atoms with E-state index >= 15 is 0 Å². The van der Waals surface area contributed by atoms with Crippen molar-refractivity contribution >= 4 is 5.95 Å². The van der Waals surface area contributed by atoms with Crippen LogP contribution in [-0.4, -0.2) is 22.6 Å². The van der Waals surface area contributed by atoms with Crippen molar-refractivity contribution in [3.63, 3.8) is 0 Å². The van der Waals surface area contributed by atoms with Crippen LogP contribution in [0.4, 0.5) is 5.95 Å². The van der Waals surface area contributed by atoms with Gasteiger partial charge in [-0.15, -0.1) is 0 Å². The Bertz CT molecular complexity index is 339. The largest absolute Gasteiger partial charge is 0.478 e. The molecule has 1 aromatic heterocycles. The fourth-order valence-corrected chi connectivity index (χ4v) is 1.62. The first-order chi connectivity index (χ1) is 7.79. The van der Waals surface area contributed by atoms with Crippen LogP contribution in [0.3, 0.4) is 0 Å². The molecule has 0 radical (unpaired) electrons. The number of nitrogens with one attached hydrogen (secondary N) is 1. The first-order valence-corrected chi connectivity index (χ1v) is 6.02. The van der Waals surface area contributed by atoms with Crippen LogP contribution in [-0.2, 0) is 0 Å². The average Bonchev–Trinajstić information content (AvgIpc) is 3.10. The summed E-state index contributed by atoms with van der Waals surface area (Å²) in [7, 11) is 0. The molecule has 0 bridgehead atoms. The summed E-state index contributed by atoms with van der Waals surface area (Å²) in [6.45, 7) is 4.96. The van der Waals surface area contributed by atoms with Gasteiger partial charge in [-0.2, -0.15) is 4.98 Å². The lowest BCUT2D eigenvalue weighted by atomic mass is 10.2. The summed E-state index contributed by atoms with van der Waals surface area (Å²) in [6, 6.07) is 2.25. The molecule has 1 fully saturated rings. The number of rotatable bonds is 6. The number of hydrogen-bond donors (Lipinski definition) is 1. The van der Waals surface area contributed by atoms with Gasteiger partial charge in [0.05, 0.1) is 6.61 Å². The van der Waals surface area contributed by atoms with E-state index in [1.54, 1.807) is 12.3 Å². The fraction of sp³-hybridized carbons (Fsp3) is 0.667. The lowest BCUT2D eigenvalue weighted by molar-refractivity contribution is 0.305. The van der Waals surface area contributed by atoms with Crippen LogP contribution in [0, 0.1) is 5.92 Å². The second-order valence-corrected chi connectivity index (χ2v) is 4.34. The molecule has 1 aliphatic carbocycles. The molecular formula is C12H19N3O. The minimum atomic E-state index is 0.460. The van der Waals surface area contributed by atoms with Gasteiger partial charge in [0.15, 0.2) is 0 Å². The highest BCUT2D eigenvalue weighted by atomic mass is 16.5. The van der Waals surface area contributed by atoms with Crippen molar-refractivity contribution in [3.05, 3.63) is 12.3 Å². The zero-order chi connectivity index (χ0) is 11.4. The molecule has 1 saturated carbocycles. The number of ether oxygens (including phenoxy) is 1. The molecule has 0 aliphatic heterocycles. The van der Waals surface area contributed by atoms with Crippen LogP contribution in [0.2, 0.25) is 0 Å². The average molecular weight is 221 g/mol. The summed E-state index contributed by atoms with van der Waals surface area (Å²) in [5, 5.41) is 3.32. The second-order valence-electron chi connectivity index (χ2n) is 4.34. The Labute approximate surface area is 96.4 Å².